The van der Waals surface area contributed by atoms with Crippen molar-refractivity contribution in [2.75, 3.05) is 32.7 Å². The zero-order valence-electron chi connectivity index (χ0n) is 12.4. The summed E-state index contributed by atoms with van der Waals surface area (Å²) in [5, 5.41) is 3.06. The van der Waals surface area contributed by atoms with Crippen LogP contribution in [0.5, 0.6) is 0 Å². The Morgan fingerprint density at radius 1 is 1.32 bits per heavy atom. The van der Waals surface area contributed by atoms with E-state index in [4.69, 9.17) is 0 Å². The first-order valence-electron chi connectivity index (χ1n) is 7.70. The van der Waals surface area contributed by atoms with E-state index >= 15 is 0 Å². The minimum atomic E-state index is -0.406. The molecule has 118 valence electrons. The van der Waals surface area contributed by atoms with Gasteiger partial charge in [0.1, 0.15) is 5.82 Å². The van der Waals surface area contributed by atoms with Crippen molar-refractivity contribution >= 4 is 11.8 Å². The van der Waals surface area contributed by atoms with Gasteiger partial charge in [-0.1, -0.05) is 6.07 Å². The number of carbonyl (C=O) groups is 2. The van der Waals surface area contributed by atoms with Gasteiger partial charge in [-0.25, -0.2) is 4.39 Å². The summed E-state index contributed by atoms with van der Waals surface area (Å²) < 4.78 is 13.3. The van der Waals surface area contributed by atoms with Gasteiger partial charge in [0.15, 0.2) is 0 Å². The number of piperazine rings is 1. The first-order valence-corrected chi connectivity index (χ1v) is 7.70. The fourth-order valence-corrected chi connectivity index (χ4v) is 3.20. The number of benzene rings is 1. The molecule has 1 N–H and O–H groups in total. The standard InChI is InChI=1S/C16H20FN3O2/c17-13-4-1-3-12(9-13)16(22)19-7-2-5-14(11-19)20-8-6-18-10-15(20)21/h1,3-4,9,14,18H,2,5-8,10-11H2. The summed E-state index contributed by atoms with van der Waals surface area (Å²) >= 11 is 0. The highest BCUT2D eigenvalue weighted by molar-refractivity contribution is 5.94. The maximum Gasteiger partial charge on any atom is 0.254 e. The molecule has 0 aromatic heterocycles. The van der Waals surface area contributed by atoms with Crippen LogP contribution in [0, 0.1) is 5.82 Å². The molecule has 22 heavy (non-hydrogen) atoms. The van der Waals surface area contributed by atoms with Crippen molar-refractivity contribution in [3.8, 4) is 0 Å². The Hall–Kier alpha value is -1.95. The highest BCUT2D eigenvalue weighted by Crippen LogP contribution is 2.19. The third kappa shape index (κ3) is 3.11. The van der Waals surface area contributed by atoms with E-state index < -0.39 is 5.82 Å². The maximum absolute atomic E-state index is 13.3. The van der Waals surface area contributed by atoms with Gasteiger partial charge < -0.3 is 15.1 Å². The number of piperidine rings is 1. The molecular formula is C16H20FN3O2. The monoisotopic (exact) mass is 305 g/mol. The van der Waals surface area contributed by atoms with Crippen molar-refractivity contribution in [1.29, 1.82) is 0 Å². The van der Waals surface area contributed by atoms with Gasteiger partial charge in [-0.3, -0.25) is 9.59 Å². The van der Waals surface area contributed by atoms with Crippen LogP contribution in [-0.4, -0.2) is 60.4 Å². The Morgan fingerprint density at radius 3 is 2.95 bits per heavy atom. The second-order valence-corrected chi connectivity index (χ2v) is 5.82. The molecular weight excluding hydrogens is 285 g/mol. The first kappa shape index (κ1) is 15.0. The summed E-state index contributed by atoms with van der Waals surface area (Å²) in [6.07, 6.45) is 1.78. The Kier molecular flexibility index (Phi) is 4.38. The first-order chi connectivity index (χ1) is 10.6. The molecule has 3 rings (SSSR count). The lowest BCUT2D eigenvalue weighted by molar-refractivity contribution is -0.135. The quantitative estimate of drug-likeness (QED) is 0.882. The zero-order valence-corrected chi connectivity index (χ0v) is 12.4. The van der Waals surface area contributed by atoms with E-state index in [2.05, 4.69) is 5.32 Å². The van der Waals surface area contributed by atoms with E-state index in [0.717, 1.165) is 19.4 Å². The lowest BCUT2D eigenvalue weighted by Gasteiger charge is -2.41. The minimum Gasteiger partial charge on any atom is -0.337 e. The number of nitrogens with one attached hydrogen (secondary N) is 1. The Labute approximate surface area is 129 Å². The van der Waals surface area contributed by atoms with Crippen LogP contribution in [0.3, 0.4) is 0 Å². The number of nitrogens with zero attached hydrogens (tertiary/aromatic N) is 2. The molecule has 0 radical (unpaired) electrons. The van der Waals surface area contributed by atoms with Gasteiger partial charge in [-0.05, 0) is 31.0 Å². The van der Waals surface area contributed by atoms with Crippen LogP contribution in [0.1, 0.15) is 23.2 Å². The average Bonchev–Trinajstić information content (AvgIpc) is 2.55. The highest BCUT2D eigenvalue weighted by Gasteiger charge is 2.31. The van der Waals surface area contributed by atoms with Gasteiger partial charge in [0.05, 0.1) is 6.54 Å². The molecule has 0 aliphatic carbocycles. The highest BCUT2D eigenvalue weighted by atomic mass is 19.1. The minimum absolute atomic E-state index is 0.0702. The Bertz CT molecular complexity index is 578. The summed E-state index contributed by atoms with van der Waals surface area (Å²) in [5.41, 5.74) is 0.368. The average molecular weight is 305 g/mol. The summed E-state index contributed by atoms with van der Waals surface area (Å²) in [5.74, 6) is -0.472. The van der Waals surface area contributed by atoms with Crippen LogP contribution >= 0.6 is 0 Å². The fourth-order valence-electron chi connectivity index (χ4n) is 3.20. The van der Waals surface area contributed by atoms with Crippen LogP contribution in [0.15, 0.2) is 24.3 Å². The molecule has 2 heterocycles. The SMILES string of the molecule is O=C(c1cccc(F)c1)N1CCCC(N2CCNCC2=O)C1. The van der Waals surface area contributed by atoms with Crippen LogP contribution in [0.25, 0.3) is 0 Å². The molecule has 2 amide bonds. The van der Waals surface area contributed by atoms with E-state index in [1.807, 2.05) is 4.90 Å². The van der Waals surface area contributed by atoms with Crippen molar-refractivity contribution in [1.82, 2.24) is 15.1 Å². The molecule has 0 spiro atoms. The molecule has 5 nitrogen and oxygen atoms in total. The van der Waals surface area contributed by atoms with E-state index in [1.54, 1.807) is 17.0 Å². The Balaban J connectivity index is 1.70. The normalized spacial score (nSPS) is 22.8. The third-order valence-electron chi connectivity index (χ3n) is 4.32. The summed E-state index contributed by atoms with van der Waals surface area (Å²) in [4.78, 5) is 28.1. The molecule has 6 heteroatoms. The number of carbonyl (C=O) groups excluding carboxylic acids is 2. The van der Waals surface area contributed by atoms with E-state index in [0.29, 0.717) is 31.7 Å². The molecule has 1 unspecified atom stereocenters. The van der Waals surface area contributed by atoms with E-state index in [-0.39, 0.29) is 17.9 Å². The number of hydrogen-bond donors (Lipinski definition) is 1. The van der Waals surface area contributed by atoms with Gasteiger partial charge in [0, 0.05) is 37.8 Å². The number of halogens is 1. The van der Waals surface area contributed by atoms with Crippen LogP contribution in [0.4, 0.5) is 4.39 Å². The molecule has 0 bridgehead atoms. The van der Waals surface area contributed by atoms with Gasteiger partial charge in [-0.2, -0.15) is 0 Å². The predicted octanol–water partition coefficient (Wildman–Crippen LogP) is 0.862. The second kappa shape index (κ2) is 6.44. The smallest absolute Gasteiger partial charge is 0.254 e. The van der Waals surface area contributed by atoms with Gasteiger partial charge >= 0.3 is 0 Å². The van der Waals surface area contributed by atoms with E-state index in [9.17, 15) is 14.0 Å². The molecule has 1 aromatic rings. The van der Waals surface area contributed by atoms with Crippen molar-refractivity contribution in [3.05, 3.63) is 35.6 Å². The van der Waals surface area contributed by atoms with Crippen molar-refractivity contribution in [2.45, 2.75) is 18.9 Å². The number of hydrogen-bond acceptors (Lipinski definition) is 3. The summed E-state index contributed by atoms with van der Waals surface area (Å²) in [6, 6.07) is 5.84. The number of amides is 2. The molecule has 1 atom stereocenters. The van der Waals surface area contributed by atoms with E-state index in [1.165, 1.54) is 12.1 Å². The number of likely N-dealkylation sites (tertiary alicyclic amines) is 1. The maximum atomic E-state index is 13.3. The van der Waals surface area contributed by atoms with Gasteiger partial charge in [-0.15, -0.1) is 0 Å². The molecule has 2 aliphatic rings. The van der Waals surface area contributed by atoms with Gasteiger partial charge in [0.2, 0.25) is 5.91 Å². The second-order valence-electron chi connectivity index (χ2n) is 5.82. The summed E-state index contributed by atoms with van der Waals surface area (Å²) in [6.45, 7) is 3.03. The fraction of sp³-hybridized carbons (Fsp3) is 0.500. The van der Waals surface area contributed by atoms with Crippen molar-refractivity contribution in [2.24, 2.45) is 0 Å². The van der Waals surface area contributed by atoms with Crippen molar-refractivity contribution in [3.63, 3.8) is 0 Å². The molecule has 1 aromatic carbocycles. The zero-order chi connectivity index (χ0) is 15.5. The summed E-state index contributed by atoms with van der Waals surface area (Å²) in [7, 11) is 0. The third-order valence-corrected chi connectivity index (χ3v) is 4.32. The Morgan fingerprint density at radius 2 is 2.18 bits per heavy atom. The largest absolute Gasteiger partial charge is 0.337 e. The van der Waals surface area contributed by atoms with Crippen LogP contribution < -0.4 is 5.32 Å². The molecule has 2 fully saturated rings. The van der Waals surface area contributed by atoms with Crippen molar-refractivity contribution < 1.29 is 14.0 Å². The predicted molar refractivity (Wildman–Crippen MR) is 79.9 cm³/mol. The lowest BCUT2D eigenvalue weighted by atomic mass is 10.0. The molecule has 2 saturated heterocycles. The molecule has 2 aliphatic heterocycles. The lowest BCUT2D eigenvalue weighted by Crippen LogP contribution is -2.57. The van der Waals surface area contributed by atoms with Crippen LogP contribution in [-0.2, 0) is 4.79 Å². The molecule has 0 saturated carbocycles. The van der Waals surface area contributed by atoms with Crippen LogP contribution in [0.2, 0.25) is 0 Å². The number of rotatable bonds is 2. The topological polar surface area (TPSA) is 52.7 Å². The van der Waals surface area contributed by atoms with Gasteiger partial charge in [0.25, 0.3) is 5.91 Å².